The van der Waals surface area contributed by atoms with Crippen LogP contribution in [0.5, 0.6) is 5.75 Å². The number of hydrogen-bond donors (Lipinski definition) is 1. The van der Waals surface area contributed by atoms with Gasteiger partial charge < -0.3 is 9.84 Å². The third-order valence-electron chi connectivity index (χ3n) is 3.00. The summed E-state index contributed by atoms with van der Waals surface area (Å²) >= 11 is 0. The normalized spacial score (nSPS) is 10.7. The van der Waals surface area contributed by atoms with Crippen LogP contribution in [0.15, 0.2) is 54.6 Å². The molecule has 3 heteroatoms. The summed E-state index contributed by atoms with van der Waals surface area (Å²) in [4.78, 5) is 10.7. The number of carboxylic acids is 1. The molecule has 108 valence electrons. The van der Waals surface area contributed by atoms with Crippen LogP contribution in [0.1, 0.15) is 18.9 Å². The van der Waals surface area contributed by atoms with E-state index in [-0.39, 0.29) is 0 Å². The molecule has 0 bridgehead atoms. The average molecular weight is 282 g/mol. The summed E-state index contributed by atoms with van der Waals surface area (Å²) in [7, 11) is 0. The molecule has 0 saturated heterocycles. The highest BCUT2D eigenvalue weighted by molar-refractivity contribution is 5.87. The largest absolute Gasteiger partial charge is 0.494 e. The number of benzene rings is 2. The van der Waals surface area contributed by atoms with Crippen molar-refractivity contribution in [1.29, 1.82) is 0 Å². The number of rotatable bonds is 6. The van der Waals surface area contributed by atoms with E-state index in [0.717, 1.165) is 34.9 Å². The number of carbonyl (C=O) groups is 1. The van der Waals surface area contributed by atoms with Crippen molar-refractivity contribution in [3.05, 3.63) is 60.2 Å². The second-order valence-corrected chi connectivity index (χ2v) is 4.63. The van der Waals surface area contributed by atoms with Gasteiger partial charge in [0.1, 0.15) is 5.75 Å². The van der Waals surface area contributed by atoms with E-state index in [9.17, 15) is 4.79 Å². The molecule has 3 nitrogen and oxygen atoms in total. The first-order valence-electron chi connectivity index (χ1n) is 6.94. The summed E-state index contributed by atoms with van der Waals surface area (Å²) in [5.74, 6) is -0.104. The molecule has 0 aliphatic carbocycles. The highest BCUT2D eigenvalue weighted by Gasteiger charge is 2.03. The van der Waals surface area contributed by atoms with Crippen LogP contribution >= 0.6 is 0 Å². The Bertz CT molecular complexity index is 627. The lowest BCUT2D eigenvalue weighted by Crippen LogP contribution is -1.94. The van der Waals surface area contributed by atoms with E-state index in [2.05, 4.69) is 6.92 Å². The van der Waals surface area contributed by atoms with Crippen molar-refractivity contribution >= 4 is 12.0 Å². The quantitative estimate of drug-likeness (QED) is 0.806. The standard InChI is InChI=1S/C18H18O3/c1-2-13-21-16-10-7-15(8-11-16)17-6-4-3-5-14(17)9-12-18(19)20/h3-12H,2,13H2,1H3,(H,19,20)/b12-9+. The maximum Gasteiger partial charge on any atom is 0.328 e. The highest BCUT2D eigenvalue weighted by Crippen LogP contribution is 2.26. The van der Waals surface area contributed by atoms with E-state index in [1.165, 1.54) is 0 Å². The first kappa shape index (κ1) is 14.9. The van der Waals surface area contributed by atoms with Gasteiger partial charge >= 0.3 is 5.97 Å². The Kier molecular flexibility index (Phi) is 5.16. The van der Waals surface area contributed by atoms with Gasteiger partial charge in [-0.2, -0.15) is 0 Å². The maximum atomic E-state index is 10.7. The average Bonchev–Trinajstić information content (AvgIpc) is 2.52. The van der Waals surface area contributed by atoms with Crippen LogP contribution in [0.25, 0.3) is 17.2 Å². The Morgan fingerprint density at radius 3 is 2.52 bits per heavy atom. The van der Waals surface area contributed by atoms with Crippen molar-refractivity contribution in [3.8, 4) is 16.9 Å². The lowest BCUT2D eigenvalue weighted by molar-refractivity contribution is -0.131. The Morgan fingerprint density at radius 1 is 1.14 bits per heavy atom. The fourth-order valence-electron chi connectivity index (χ4n) is 2.02. The number of aliphatic carboxylic acids is 1. The van der Waals surface area contributed by atoms with Crippen molar-refractivity contribution in [3.63, 3.8) is 0 Å². The van der Waals surface area contributed by atoms with Gasteiger partial charge in [-0.3, -0.25) is 0 Å². The lowest BCUT2D eigenvalue weighted by atomic mass is 9.99. The number of hydrogen-bond acceptors (Lipinski definition) is 2. The second kappa shape index (κ2) is 7.29. The van der Waals surface area contributed by atoms with E-state index in [0.29, 0.717) is 6.61 Å². The van der Waals surface area contributed by atoms with Gasteiger partial charge in [-0.15, -0.1) is 0 Å². The maximum absolute atomic E-state index is 10.7. The first-order chi connectivity index (χ1) is 10.2. The zero-order chi connectivity index (χ0) is 15.1. The first-order valence-corrected chi connectivity index (χ1v) is 6.94. The van der Waals surface area contributed by atoms with Crippen LogP contribution < -0.4 is 4.74 Å². The monoisotopic (exact) mass is 282 g/mol. The van der Waals surface area contributed by atoms with E-state index < -0.39 is 5.97 Å². The third kappa shape index (κ3) is 4.21. The molecule has 0 fully saturated rings. The van der Waals surface area contributed by atoms with Crippen molar-refractivity contribution in [1.82, 2.24) is 0 Å². The summed E-state index contributed by atoms with van der Waals surface area (Å²) in [5, 5.41) is 8.75. The zero-order valence-electron chi connectivity index (χ0n) is 12.0. The molecule has 0 heterocycles. The zero-order valence-corrected chi connectivity index (χ0v) is 12.0. The Balaban J connectivity index is 2.27. The second-order valence-electron chi connectivity index (χ2n) is 4.63. The van der Waals surface area contributed by atoms with Crippen molar-refractivity contribution < 1.29 is 14.6 Å². The Hall–Kier alpha value is -2.55. The molecule has 0 radical (unpaired) electrons. The third-order valence-corrected chi connectivity index (χ3v) is 3.00. The molecule has 2 rings (SSSR count). The van der Waals surface area contributed by atoms with Crippen molar-refractivity contribution in [2.24, 2.45) is 0 Å². The van der Waals surface area contributed by atoms with E-state index in [1.54, 1.807) is 6.08 Å². The minimum absolute atomic E-state index is 0.706. The van der Waals surface area contributed by atoms with Gasteiger partial charge in [-0.05, 0) is 41.3 Å². The van der Waals surface area contributed by atoms with Gasteiger partial charge in [-0.25, -0.2) is 4.79 Å². The van der Waals surface area contributed by atoms with Crippen LogP contribution in [0.4, 0.5) is 0 Å². The summed E-state index contributed by atoms with van der Waals surface area (Å²) in [6.45, 7) is 2.77. The van der Waals surface area contributed by atoms with Gasteiger partial charge in [0.2, 0.25) is 0 Å². The summed E-state index contributed by atoms with van der Waals surface area (Å²) in [6.07, 6.45) is 3.74. The Labute approximate surface area is 124 Å². The lowest BCUT2D eigenvalue weighted by Gasteiger charge is -2.08. The molecule has 2 aromatic carbocycles. The molecule has 0 aromatic heterocycles. The summed E-state index contributed by atoms with van der Waals surface area (Å²) in [6, 6.07) is 15.5. The molecule has 0 unspecified atom stereocenters. The van der Waals surface area contributed by atoms with E-state index in [4.69, 9.17) is 9.84 Å². The molecule has 0 spiro atoms. The topological polar surface area (TPSA) is 46.5 Å². The van der Waals surface area contributed by atoms with Crippen LogP contribution in [0, 0.1) is 0 Å². The van der Waals surface area contributed by atoms with E-state index >= 15 is 0 Å². The smallest absolute Gasteiger partial charge is 0.328 e. The van der Waals surface area contributed by atoms with E-state index in [1.807, 2.05) is 48.5 Å². The molecule has 0 aliphatic rings. The van der Waals surface area contributed by atoms with Crippen molar-refractivity contribution in [2.45, 2.75) is 13.3 Å². The molecule has 0 atom stereocenters. The predicted molar refractivity (Wildman–Crippen MR) is 84.3 cm³/mol. The minimum Gasteiger partial charge on any atom is -0.494 e. The van der Waals surface area contributed by atoms with Gasteiger partial charge in [0.05, 0.1) is 6.61 Å². The van der Waals surface area contributed by atoms with Crippen LogP contribution in [0.3, 0.4) is 0 Å². The fraction of sp³-hybridized carbons (Fsp3) is 0.167. The summed E-state index contributed by atoms with van der Waals surface area (Å²) in [5.41, 5.74) is 2.91. The minimum atomic E-state index is -0.951. The molecule has 21 heavy (non-hydrogen) atoms. The SMILES string of the molecule is CCCOc1ccc(-c2ccccc2/C=C/C(=O)O)cc1. The van der Waals surface area contributed by atoms with Crippen LogP contribution in [-0.2, 0) is 4.79 Å². The van der Waals surface area contributed by atoms with Crippen LogP contribution in [-0.4, -0.2) is 17.7 Å². The highest BCUT2D eigenvalue weighted by atomic mass is 16.5. The molecule has 2 aromatic rings. The van der Waals surface area contributed by atoms with Crippen LogP contribution in [0.2, 0.25) is 0 Å². The van der Waals surface area contributed by atoms with Gasteiger partial charge in [0.15, 0.2) is 0 Å². The summed E-state index contributed by atoms with van der Waals surface area (Å²) < 4.78 is 5.56. The van der Waals surface area contributed by atoms with Gasteiger partial charge in [-0.1, -0.05) is 43.3 Å². The molecule has 0 saturated carbocycles. The predicted octanol–water partition coefficient (Wildman–Crippen LogP) is 4.24. The van der Waals surface area contributed by atoms with Gasteiger partial charge in [0, 0.05) is 6.08 Å². The van der Waals surface area contributed by atoms with Crippen molar-refractivity contribution in [2.75, 3.05) is 6.61 Å². The number of carboxylic acid groups (broad SMARTS) is 1. The molecule has 1 N–H and O–H groups in total. The molecule has 0 aliphatic heterocycles. The fourth-order valence-corrected chi connectivity index (χ4v) is 2.02. The van der Waals surface area contributed by atoms with Gasteiger partial charge in [0.25, 0.3) is 0 Å². The molecule has 0 amide bonds. The molecular formula is C18H18O3. The number of ether oxygens (including phenoxy) is 1. The molecular weight excluding hydrogens is 264 g/mol. The Morgan fingerprint density at radius 2 is 1.86 bits per heavy atom.